The van der Waals surface area contributed by atoms with Gasteiger partial charge in [0.2, 0.25) is 0 Å². The van der Waals surface area contributed by atoms with E-state index >= 15 is 0 Å². The SMILES string of the molecule is CCc1c(C(=O)N2CCOC(CC(=O)O)C2)cnn1Cc1ccccc1. The molecule has 1 saturated heterocycles. The minimum atomic E-state index is -0.922. The van der Waals surface area contributed by atoms with E-state index in [-0.39, 0.29) is 18.9 Å². The molecule has 7 nitrogen and oxygen atoms in total. The average Bonchev–Trinajstić information content (AvgIpc) is 3.04. The van der Waals surface area contributed by atoms with E-state index < -0.39 is 12.1 Å². The van der Waals surface area contributed by atoms with Crippen LogP contribution in [0.1, 0.15) is 35.0 Å². The van der Waals surface area contributed by atoms with Crippen LogP contribution in [0.4, 0.5) is 0 Å². The highest BCUT2D eigenvalue weighted by Gasteiger charge is 2.28. The minimum absolute atomic E-state index is 0.0995. The molecule has 7 heteroatoms. The van der Waals surface area contributed by atoms with Gasteiger partial charge in [-0.2, -0.15) is 5.10 Å². The van der Waals surface area contributed by atoms with Gasteiger partial charge in [-0.3, -0.25) is 14.3 Å². The summed E-state index contributed by atoms with van der Waals surface area (Å²) >= 11 is 0. The molecule has 0 aliphatic carbocycles. The lowest BCUT2D eigenvalue weighted by atomic mass is 10.1. The summed E-state index contributed by atoms with van der Waals surface area (Å²) in [4.78, 5) is 25.5. The lowest BCUT2D eigenvalue weighted by Gasteiger charge is -2.32. The van der Waals surface area contributed by atoms with Gasteiger partial charge in [-0.1, -0.05) is 37.3 Å². The number of aromatic nitrogens is 2. The molecule has 0 bridgehead atoms. The highest BCUT2D eigenvalue weighted by atomic mass is 16.5. The van der Waals surface area contributed by atoms with Gasteiger partial charge in [0.25, 0.3) is 5.91 Å². The summed E-state index contributed by atoms with van der Waals surface area (Å²) in [5.74, 6) is -1.03. The largest absolute Gasteiger partial charge is 0.481 e. The summed E-state index contributed by atoms with van der Waals surface area (Å²) in [7, 11) is 0. The Kier molecular flexibility index (Phi) is 5.68. The van der Waals surface area contributed by atoms with E-state index in [2.05, 4.69) is 5.10 Å². The number of benzene rings is 1. The molecule has 2 heterocycles. The quantitative estimate of drug-likeness (QED) is 0.852. The van der Waals surface area contributed by atoms with E-state index in [9.17, 15) is 9.59 Å². The van der Waals surface area contributed by atoms with Gasteiger partial charge in [0.05, 0.1) is 43.1 Å². The second kappa shape index (κ2) is 8.14. The number of rotatable bonds is 6. The van der Waals surface area contributed by atoms with E-state index in [4.69, 9.17) is 9.84 Å². The molecular weight excluding hydrogens is 334 g/mol. The number of nitrogens with zero attached hydrogens (tertiary/aromatic N) is 3. The lowest BCUT2D eigenvalue weighted by molar-refractivity contribution is -0.141. The predicted octanol–water partition coefficient (Wildman–Crippen LogP) is 1.81. The van der Waals surface area contributed by atoms with Crippen molar-refractivity contribution in [2.45, 2.75) is 32.4 Å². The molecule has 1 atom stereocenters. The first-order valence-electron chi connectivity index (χ1n) is 8.79. The highest BCUT2D eigenvalue weighted by Crippen LogP contribution is 2.17. The number of amides is 1. The van der Waals surface area contributed by atoms with Crippen molar-refractivity contribution in [3.05, 3.63) is 53.3 Å². The number of carboxylic acids is 1. The molecule has 0 radical (unpaired) electrons. The van der Waals surface area contributed by atoms with Gasteiger partial charge in [-0.15, -0.1) is 0 Å². The Morgan fingerprint density at radius 3 is 2.77 bits per heavy atom. The van der Waals surface area contributed by atoms with E-state index in [1.54, 1.807) is 11.1 Å². The third-order valence-electron chi connectivity index (χ3n) is 4.52. The van der Waals surface area contributed by atoms with Crippen molar-refractivity contribution in [2.24, 2.45) is 0 Å². The molecular formula is C19H23N3O4. The van der Waals surface area contributed by atoms with Crippen molar-refractivity contribution in [3.8, 4) is 0 Å². The van der Waals surface area contributed by atoms with Crippen LogP contribution in [-0.4, -0.2) is 57.5 Å². The summed E-state index contributed by atoms with van der Waals surface area (Å²) in [6.07, 6.45) is 1.75. The first-order valence-corrected chi connectivity index (χ1v) is 8.79. The zero-order valence-electron chi connectivity index (χ0n) is 14.8. The van der Waals surface area contributed by atoms with Crippen LogP contribution < -0.4 is 0 Å². The predicted molar refractivity (Wildman–Crippen MR) is 95.0 cm³/mol. The maximum atomic E-state index is 12.9. The fourth-order valence-electron chi connectivity index (χ4n) is 3.25. The molecule has 1 aliphatic heterocycles. The summed E-state index contributed by atoms with van der Waals surface area (Å²) in [6.45, 7) is 3.72. The number of carboxylic acid groups (broad SMARTS) is 1. The van der Waals surface area contributed by atoms with Gasteiger partial charge in [-0.25, -0.2) is 0 Å². The van der Waals surface area contributed by atoms with Crippen LogP contribution in [0.5, 0.6) is 0 Å². The van der Waals surface area contributed by atoms with Crippen LogP contribution in [0.2, 0.25) is 0 Å². The number of morpholine rings is 1. The number of hydrogen-bond acceptors (Lipinski definition) is 4. The number of carbonyl (C=O) groups excluding carboxylic acids is 1. The van der Waals surface area contributed by atoms with Crippen molar-refractivity contribution in [1.82, 2.24) is 14.7 Å². The van der Waals surface area contributed by atoms with Crippen molar-refractivity contribution >= 4 is 11.9 Å². The zero-order chi connectivity index (χ0) is 18.5. The second-order valence-corrected chi connectivity index (χ2v) is 6.34. The lowest BCUT2D eigenvalue weighted by Crippen LogP contribution is -2.46. The van der Waals surface area contributed by atoms with Gasteiger partial charge in [0, 0.05) is 13.1 Å². The fourth-order valence-corrected chi connectivity index (χ4v) is 3.25. The van der Waals surface area contributed by atoms with Gasteiger partial charge in [0.15, 0.2) is 0 Å². The third-order valence-corrected chi connectivity index (χ3v) is 4.52. The highest BCUT2D eigenvalue weighted by molar-refractivity contribution is 5.95. The Bertz CT molecular complexity index is 772. The number of hydrogen-bond donors (Lipinski definition) is 1. The Labute approximate surface area is 152 Å². The van der Waals surface area contributed by atoms with Gasteiger partial charge >= 0.3 is 5.97 Å². The molecule has 0 spiro atoms. The van der Waals surface area contributed by atoms with Gasteiger partial charge in [0.1, 0.15) is 0 Å². The Hall–Kier alpha value is -2.67. The van der Waals surface area contributed by atoms with Crippen molar-refractivity contribution in [1.29, 1.82) is 0 Å². The maximum absolute atomic E-state index is 12.9. The van der Waals surface area contributed by atoms with Crippen LogP contribution >= 0.6 is 0 Å². The molecule has 3 rings (SSSR count). The van der Waals surface area contributed by atoms with Crippen LogP contribution in [0.25, 0.3) is 0 Å². The molecule has 1 aromatic carbocycles. The summed E-state index contributed by atoms with van der Waals surface area (Å²) in [6, 6.07) is 9.98. The molecule has 1 aromatic heterocycles. The summed E-state index contributed by atoms with van der Waals surface area (Å²) in [5.41, 5.74) is 2.59. The van der Waals surface area contributed by atoms with Crippen LogP contribution in [-0.2, 0) is 22.5 Å². The Balaban J connectivity index is 1.76. The number of aliphatic carboxylic acids is 1. The Morgan fingerprint density at radius 2 is 2.08 bits per heavy atom. The standard InChI is InChI=1S/C19H23N3O4/c1-2-17-16(11-20-22(17)12-14-6-4-3-5-7-14)19(25)21-8-9-26-15(13-21)10-18(23)24/h3-7,11,15H,2,8-10,12-13H2,1H3,(H,23,24). The smallest absolute Gasteiger partial charge is 0.306 e. The number of carbonyl (C=O) groups is 2. The van der Waals surface area contributed by atoms with E-state index in [1.807, 2.05) is 41.9 Å². The fraction of sp³-hybridized carbons (Fsp3) is 0.421. The summed E-state index contributed by atoms with van der Waals surface area (Å²) in [5, 5.41) is 13.3. The molecule has 1 amide bonds. The second-order valence-electron chi connectivity index (χ2n) is 6.34. The topological polar surface area (TPSA) is 84.7 Å². The van der Waals surface area contributed by atoms with Crippen molar-refractivity contribution in [2.75, 3.05) is 19.7 Å². The van der Waals surface area contributed by atoms with Crippen molar-refractivity contribution in [3.63, 3.8) is 0 Å². The molecule has 1 fully saturated rings. The number of ether oxygens (including phenoxy) is 1. The van der Waals surface area contributed by atoms with Crippen LogP contribution in [0.3, 0.4) is 0 Å². The van der Waals surface area contributed by atoms with Crippen LogP contribution in [0, 0.1) is 0 Å². The van der Waals surface area contributed by atoms with Crippen LogP contribution in [0.15, 0.2) is 36.5 Å². The molecule has 0 saturated carbocycles. The maximum Gasteiger partial charge on any atom is 0.306 e. The first kappa shape index (κ1) is 18.1. The summed E-state index contributed by atoms with van der Waals surface area (Å²) < 4.78 is 7.31. The molecule has 1 aliphatic rings. The Morgan fingerprint density at radius 1 is 1.31 bits per heavy atom. The molecule has 1 N–H and O–H groups in total. The molecule has 26 heavy (non-hydrogen) atoms. The first-order chi connectivity index (χ1) is 12.6. The van der Waals surface area contributed by atoms with E-state index in [0.29, 0.717) is 31.7 Å². The normalized spacial score (nSPS) is 17.3. The molecule has 138 valence electrons. The third kappa shape index (κ3) is 4.11. The van der Waals surface area contributed by atoms with E-state index in [0.717, 1.165) is 11.3 Å². The van der Waals surface area contributed by atoms with Gasteiger partial charge < -0.3 is 14.7 Å². The average molecular weight is 357 g/mol. The molecule has 1 unspecified atom stereocenters. The minimum Gasteiger partial charge on any atom is -0.481 e. The van der Waals surface area contributed by atoms with Gasteiger partial charge in [-0.05, 0) is 12.0 Å². The monoisotopic (exact) mass is 357 g/mol. The van der Waals surface area contributed by atoms with Crippen molar-refractivity contribution < 1.29 is 19.4 Å². The molecule has 2 aromatic rings. The zero-order valence-corrected chi connectivity index (χ0v) is 14.8. The van der Waals surface area contributed by atoms with E-state index in [1.165, 1.54) is 0 Å².